The van der Waals surface area contributed by atoms with Crippen LogP contribution in [0.4, 0.5) is 0 Å². The average Bonchev–Trinajstić information content (AvgIpc) is 2.75. The Balaban J connectivity index is 2.37. The predicted molar refractivity (Wildman–Crippen MR) is 59.1 cm³/mol. The van der Waals surface area contributed by atoms with E-state index in [1.165, 1.54) is 12.0 Å². The molecule has 1 atom stereocenters. The number of methoxy groups -OCH3 is 1. The third-order valence-electron chi connectivity index (χ3n) is 3.08. The van der Waals surface area contributed by atoms with E-state index in [1.807, 2.05) is 18.2 Å². The molecule has 2 heteroatoms. The molecular weight excluding hydrogens is 196 g/mol. The maximum atomic E-state index is 5.98. The summed E-state index contributed by atoms with van der Waals surface area (Å²) in [6.07, 6.45) is 1.23. The van der Waals surface area contributed by atoms with Crippen LogP contribution in [0.5, 0.6) is 5.75 Å². The average molecular weight is 211 g/mol. The largest absolute Gasteiger partial charge is 0.496 e. The Kier molecular flexibility index (Phi) is 2.23. The van der Waals surface area contributed by atoms with Gasteiger partial charge in [-0.3, -0.25) is 0 Å². The molecule has 1 aromatic carbocycles. The molecule has 0 N–H and O–H groups in total. The molecule has 0 spiro atoms. The van der Waals surface area contributed by atoms with E-state index in [-0.39, 0.29) is 0 Å². The summed E-state index contributed by atoms with van der Waals surface area (Å²) in [5.41, 5.74) is 1.67. The van der Waals surface area contributed by atoms with Crippen LogP contribution in [0.2, 0.25) is 5.02 Å². The smallest absolute Gasteiger partial charge is 0.122 e. The van der Waals surface area contributed by atoms with Gasteiger partial charge < -0.3 is 4.74 Å². The first kappa shape index (κ1) is 9.85. The van der Waals surface area contributed by atoms with Gasteiger partial charge in [-0.05, 0) is 41.5 Å². The molecule has 0 bridgehead atoms. The van der Waals surface area contributed by atoms with Gasteiger partial charge in [0.1, 0.15) is 5.75 Å². The molecule has 0 aliphatic heterocycles. The maximum absolute atomic E-state index is 5.98. The monoisotopic (exact) mass is 210 g/mol. The summed E-state index contributed by atoms with van der Waals surface area (Å²) >= 11 is 5.98. The molecular formula is C12H15ClO. The number of hydrogen-bond acceptors (Lipinski definition) is 1. The van der Waals surface area contributed by atoms with E-state index in [9.17, 15) is 0 Å². The minimum atomic E-state index is 0.415. The van der Waals surface area contributed by atoms with Gasteiger partial charge in [0.05, 0.1) is 7.11 Å². The first-order valence-corrected chi connectivity index (χ1v) is 5.26. The fraction of sp³-hybridized carbons (Fsp3) is 0.500. The van der Waals surface area contributed by atoms with E-state index in [4.69, 9.17) is 16.3 Å². The summed E-state index contributed by atoms with van der Waals surface area (Å²) in [5.74, 6) is 1.57. The SMILES string of the molecule is COc1ccc(Cl)cc1C1CC1(C)C. The molecule has 0 amide bonds. The van der Waals surface area contributed by atoms with Crippen molar-refractivity contribution in [2.24, 2.45) is 5.41 Å². The number of halogens is 1. The number of benzene rings is 1. The highest BCUT2D eigenvalue weighted by molar-refractivity contribution is 6.30. The third-order valence-corrected chi connectivity index (χ3v) is 3.32. The van der Waals surface area contributed by atoms with Crippen molar-refractivity contribution >= 4 is 11.6 Å². The second-order valence-corrected chi connectivity index (χ2v) is 5.07. The summed E-state index contributed by atoms with van der Waals surface area (Å²) in [6.45, 7) is 4.55. The zero-order valence-electron chi connectivity index (χ0n) is 8.80. The Hall–Kier alpha value is -0.690. The topological polar surface area (TPSA) is 9.23 Å². The molecule has 1 fully saturated rings. The van der Waals surface area contributed by atoms with Crippen molar-refractivity contribution in [1.29, 1.82) is 0 Å². The normalized spacial score (nSPS) is 23.3. The summed E-state index contributed by atoms with van der Waals surface area (Å²) in [5, 5.41) is 0.795. The Morgan fingerprint density at radius 2 is 2.07 bits per heavy atom. The zero-order chi connectivity index (χ0) is 10.3. The molecule has 1 aliphatic carbocycles. The zero-order valence-corrected chi connectivity index (χ0v) is 9.56. The Morgan fingerprint density at radius 1 is 1.43 bits per heavy atom. The molecule has 0 saturated heterocycles. The van der Waals surface area contributed by atoms with E-state index >= 15 is 0 Å². The minimum Gasteiger partial charge on any atom is -0.496 e. The lowest BCUT2D eigenvalue weighted by Gasteiger charge is -2.10. The van der Waals surface area contributed by atoms with Gasteiger partial charge >= 0.3 is 0 Å². The molecule has 76 valence electrons. The molecule has 14 heavy (non-hydrogen) atoms. The van der Waals surface area contributed by atoms with Gasteiger partial charge in [-0.15, -0.1) is 0 Å². The van der Waals surface area contributed by atoms with Gasteiger partial charge in [-0.25, -0.2) is 0 Å². The number of ether oxygens (including phenoxy) is 1. The fourth-order valence-corrected chi connectivity index (χ4v) is 2.16. The van der Waals surface area contributed by atoms with Gasteiger partial charge in [-0.2, -0.15) is 0 Å². The molecule has 0 radical (unpaired) electrons. The molecule has 0 heterocycles. The van der Waals surface area contributed by atoms with Crippen LogP contribution < -0.4 is 4.74 Å². The molecule has 1 saturated carbocycles. The quantitative estimate of drug-likeness (QED) is 0.720. The van der Waals surface area contributed by atoms with E-state index in [0.29, 0.717) is 11.3 Å². The Morgan fingerprint density at radius 3 is 2.57 bits per heavy atom. The molecule has 1 aliphatic rings. The second-order valence-electron chi connectivity index (χ2n) is 4.63. The van der Waals surface area contributed by atoms with Crippen molar-refractivity contribution in [1.82, 2.24) is 0 Å². The van der Waals surface area contributed by atoms with Crippen molar-refractivity contribution in [3.8, 4) is 5.75 Å². The van der Waals surface area contributed by atoms with E-state index in [2.05, 4.69) is 13.8 Å². The number of rotatable bonds is 2. The van der Waals surface area contributed by atoms with Crippen molar-refractivity contribution < 1.29 is 4.74 Å². The van der Waals surface area contributed by atoms with Crippen LogP contribution >= 0.6 is 11.6 Å². The molecule has 2 rings (SSSR count). The maximum Gasteiger partial charge on any atom is 0.122 e. The van der Waals surface area contributed by atoms with Crippen LogP contribution in [-0.2, 0) is 0 Å². The lowest BCUT2D eigenvalue weighted by molar-refractivity contribution is 0.407. The molecule has 1 nitrogen and oxygen atoms in total. The first-order valence-electron chi connectivity index (χ1n) is 4.88. The van der Waals surface area contributed by atoms with Gasteiger partial charge in [0.25, 0.3) is 0 Å². The predicted octanol–water partition coefficient (Wildman–Crippen LogP) is 3.86. The molecule has 0 aromatic heterocycles. The van der Waals surface area contributed by atoms with Gasteiger partial charge in [0, 0.05) is 5.02 Å². The van der Waals surface area contributed by atoms with Crippen LogP contribution in [0.3, 0.4) is 0 Å². The van der Waals surface area contributed by atoms with E-state index in [0.717, 1.165) is 10.8 Å². The highest BCUT2D eigenvalue weighted by atomic mass is 35.5. The highest BCUT2D eigenvalue weighted by Gasteiger charge is 2.47. The van der Waals surface area contributed by atoms with Gasteiger partial charge in [-0.1, -0.05) is 25.4 Å². The fourth-order valence-electron chi connectivity index (χ4n) is 1.98. The van der Waals surface area contributed by atoms with Crippen molar-refractivity contribution in [2.45, 2.75) is 26.2 Å². The van der Waals surface area contributed by atoms with Crippen molar-refractivity contribution in [3.63, 3.8) is 0 Å². The van der Waals surface area contributed by atoms with E-state index < -0.39 is 0 Å². The Labute approximate surface area is 90.0 Å². The lowest BCUT2D eigenvalue weighted by atomic mass is 10.0. The molecule has 1 aromatic rings. The highest BCUT2D eigenvalue weighted by Crippen LogP contribution is 2.60. The van der Waals surface area contributed by atoms with Gasteiger partial charge in [0.2, 0.25) is 0 Å². The first-order chi connectivity index (χ1) is 6.54. The lowest BCUT2D eigenvalue weighted by Crippen LogP contribution is -1.94. The summed E-state index contributed by atoms with van der Waals surface area (Å²) in [7, 11) is 1.71. The van der Waals surface area contributed by atoms with Crippen LogP contribution in [-0.4, -0.2) is 7.11 Å². The summed E-state index contributed by atoms with van der Waals surface area (Å²) in [4.78, 5) is 0. The second kappa shape index (κ2) is 3.16. The molecule has 1 unspecified atom stereocenters. The van der Waals surface area contributed by atoms with E-state index in [1.54, 1.807) is 7.11 Å². The van der Waals surface area contributed by atoms with Crippen LogP contribution in [0.15, 0.2) is 18.2 Å². The van der Waals surface area contributed by atoms with Crippen molar-refractivity contribution in [3.05, 3.63) is 28.8 Å². The van der Waals surface area contributed by atoms with Crippen LogP contribution in [0, 0.1) is 5.41 Å². The summed E-state index contributed by atoms with van der Waals surface area (Å²) in [6, 6.07) is 5.85. The Bertz CT molecular complexity index is 357. The third kappa shape index (κ3) is 1.61. The van der Waals surface area contributed by atoms with Crippen LogP contribution in [0.25, 0.3) is 0 Å². The van der Waals surface area contributed by atoms with Crippen molar-refractivity contribution in [2.75, 3.05) is 7.11 Å². The summed E-state index contributed by atoms with van der Waals surface area (Å²) < 4.78 is 5.34. The minimum absolute atomic E-state index is 0.415. The number of hydrogen-bond donors (Lipinski definition) is 0. The van der Waals surface area contributed by atoms with Crippen LogP contribution in [0.1, 0.15) is 31.7 Å². The standard InChI is InChI=1S/C12H15ClO/c1-12(2)7-10(12)9-6-8(13)4-5-11(9)14-3/h4-6,10H,7H2,1-3H3. The van der Waals surface area contributed by atoms with Gasteiger partial charge in [0.15, 0.2) is 0 Å².